The molecule has 0 aliphatic carbocycles. The molecule has 2 aromatic carbocycles. The monoisotopic (exact) mass is 362 g/mol. The van der Waals surface area contributed by atoms with Crippen LogP contribution in [0.4, 0.5) is 8.78 Å². The Hall–Kier alpha value is -2.81. The van der Waals surface area contributed by atoms with Gasteiger partial charge in [0.15, 0.2) is 17.4 Å². The molecule has 128 valence electrons. The molecule has 1 aromatic heterocycles. The van der Waals surface area contributed by atoms with Crippen molar-refractivity contribution in [2.75, 3.05) is 0 Å². The number of phenolic OH excluding ortho intramolecular Hbond substituents is 1. The van der Waals surface area contributed by atoms with Crippen LogP contribution < -0.4 is 0 Å². The van der Waals surface area contributed by atoms with Crippen molar-refractivity contribution in [3.63, 3.8) is 0 Å². The molecule has 0 saturated carbocycles. The van der Waals surface area contributed by atoms with E-state index >= 15 is 0 Å². The Labute approximate surface area is 145 Å². The Kier molecular flexibility index (Phi) is 4.75. The van der Waals surface area contributed by atoms with Crippen LogP contribution in [0, 0.1) is 11.6 Å². The highest BCUT2D eigenvalue weighted by atomic mass is 32.2. The van der Waals surface area contributed by atoms with Gasteiger partial charge in [-0.05, 0) is 59.8 Å². The third kappa shape index (κ3) is 3.66. The van der Waals surface area contributed by atoms with E-state index in [1.54, 1.807) is 19.1 Å². The van der Waals surface area contributed by atoms with Gasteiger partial charge < -0.3 is 5.11 Å². The number of aromatic hydroxyl groups is 1. The van der Waals surface area contributed by atoms with Crippen LogP contribution in [0.5, 0.6) is 5.75 Å². The molecule has 0 bridgehead atoms. The summed E-state index contributed by atoms with van der Waals surface area (Å²) in [5.74, 6) is -2.35. The molecular formula is C16H12F2N4O2S. The first-order chi connectivity index (χ1) is 12.0. The van der Waals surface area contributed by atoms with Crippen LogP contribution in [0.15, 0.2) is 47.6 Å². The molecule has 0 saturated heterocycles. The first kappa shape index (κ1) is 17.0. The Morgan fingerprint density at radius 3 is 2.56 bits per heavy atom. The Morgan fingerprint density at radius 1 is 1.16 bits per heavy atom. The van der Waals surface area contributed by atoms with Crippen molar-refractivity contribution < 1.29 is 18.7 Å². The normalized spacial score (nSPS) is 12.1. The van der Waals surface area contributed by atoms with Gasteiger partial charge in [0.2, 0.25) is 5.16 Å². The second-order valence-corrected chi connectivity index (χ2v) is 6.45. The lowest BCUT2D eigenvalue weighted by molar-refractivity contribution is 0.0993. The fourth-order valence-electron chi connectivity index (χ4n) is 2.10. The minimum atomic E-state index is -1.07. The third-order valence-corrected chi connectivity index (χ3v) is 4.42. The van der Waals surface area contributed by atoms with Crippen LogP contribution in [-0.4, -0.2) is 36.3 Å². The number of Topliss-reactive ketones (excluding diaryl/α,β-unsaturated/α-hetero) is 1. The predicted octanol–water partition coefficient (Wildman–Crippen LogP) is 3.01. The van der Waals surface area contributed by atoms with Gasteiger partial charge in [0, 0.05) is 5.56 Å². The zero-order chi connectivity index (χ0) is 18.0. The molecule has 0 amide bonds. The van der Waals surface area contributed by atoms with E-state index in [0.29, 0.717) is 10.8 Å². The largest absolute Gasteiger partial charge is 0.508 e. The Balaban J connectivity index is 1.80. The van der Waals surface area contributed by atoms with Crippen molar-refractivity contribution in [2.45, 2.75) is 17.3 Å². The number of benzene rings is 2. The summed E-state index contributed by atoms with van der Waals surface area (Å²) in [7, 11) is 0. The number of carbonyl (C=O) groups is 1. The second-order valence-electron chi connectivity index (χ2n) is 5.14. The van der Waals surface area contributed by atoms with E-state index in [0.717, 1.165) is 23.9 Å². The van der Waals surface area contributed by atoms with Gasteiger partial charge in [-0.1, -0.05) is 11.8 Å². The number of ketones is 1. The van der Waals surface area contributed by atoms with Gasteiger partial charge in [-0.25, -0.2) is 8.78 Å². The van der Waals surface area contributed by atoms with E-state index < -0.39 is 16.9 Å². The first-order valence-electron chi connectivity index (χ1n) is 7.19. The number of nitrogens with zero attached hydrogens (tertiary/aromatic N) is 4. The van der Waals surface area contributed by atoms with E-state index in [2.05, 4.69) is 15.5 Å². The number of rotatable bonds is 5. The highest BCUT2D eigenvalue weighted by molar-refractivity contribution is 8.00. The van der Waals surface area contributed by atoms with Gasteiger partial charge >= 0.3 is 0 Å². The number of tetrazole rings is 1. The number of hydrogen-bond donors (Lipinski definition) is 1. The lowest BCUT2D eigenvalue weighted by Gasteiger charge is -2.10. The number of hydrogen-bond acceptors (Lipinski definition) is 6. The predicted molar refractivity (Wildman–Crippen MR) is 86.8 cm³/mol. The topological polar surface area (TPSA) is 80.9 Å². The second kappa shape index (κ2) is 6.98. The molecule has 0 aliphatic rings. The van der Waals surface area contributed by atoms with Crippen LogP contribution in [0.3, 0.4) is 0 Å². The number of carbonyl (C=O) groups excluding carboxylic acids is 1. The fourth-order valence-corrected chi connectivity index (χ4v) is 2.99. The molecule has 6 nitrogen and oxygen atoms in total. The summed E-state index contributed by atoms with van der Waals surface area (Å²) in [5.41, 5.74) is 0.681. The Bertz CT molecular complexity index is 915. The number of halogens is 2. The van der Waals surface area contributed by atoms with E-state index in [4.69, 9.17) is 0 Å². The maximum Gasteiger partial charge on any atom is 0.214 e. The highest BCUT2D eigenvalue weighted by Crippen LogP contribution is 2.26. The van der Waals surface area contributed by atoms with Gasteiger partial charge in [0.1, 0.15) is 5.75 Å². The van der Waals surface area contributed by atoms with Gasteiger partial charge in [-0.2, -0.15) is 4.68 Å². The molecule has 0 spiro atoms. The molecular weight excluding hydrogens is 350 g/mol. The van der Waals surface area contributed by atoms with Crippen LogP contribution >= 0.6 is 11.8 Å². The van der Waals surface area contributed by atoms with Crippen LogP contribution in [0.2, 0.25) is 0 Å². The van der Waals surface area contributed by atoms with Gasteiger partial charge in [-0.15, -0.1) is 5.10 Å². The highest BCUT2D eigenvalue weighted by Gasteiger charge is 2.21. The molecule has 1 heterocycles. The SMILES string of the molecule is C[C@@H](Sc1nnnn1-c1ccc(O)cc1)C(=O)c1ccc(F)c(F)c1. The standard InChI is InChI=1S/C16H12F2N4O2S/c1-9(15(24)10-2-7-13(17)14(18)8-10)25-16-19-20-21-22(16)11-3-5-12(23)6-4-11/h2-9,23H,1H3/t9-/m1/s1. The molecule has 3 aromatic rings. The van der Waals surface area contributed by atoms with Crippen molar-refractivity contribution in [1.29, 1.82) is 0 Å². The lowest BCUT2D eigenvalue weighted by atomic mass is 10.1. The fraction of sp³-hybridized carbons (Fsp3) is 0.125. The molecule has 0 unspecified atom stereocenters. The average molecular weight is 362 g/mol. The number of thioether (sulfide) groups is 1. The minimum Gasteiger partial charge on any atom is -0.508 e. The summed E-state index contributed by atoms with van der Waals surface area (Å²) < 4.78 is 27.7. The number of phenols is 1. The first-order valence-corrected chi connectivity index (χ1v) is 8.07. The quantitative estimate of drug-likeness (QED) is 0.555. The van der Waals surface area contributed by atoms with E-state index in [1.807, 2.05) is 0 Å². The summed E-state index contributed by atoms with van der Waals surface area (Å²) in [5, 5.41) is 20.4. The molecule has 1 atom stereocenters. The van der Waals surface area contributed by atoms with Crippen molar-refractivity contribution in [3.05, 3.63) is 59.7 Å². The van der Waals surface area contributed by atoms with Gasteiger partial charge in [-0.3, -0.25) is 4.79 Å². The summed E-state index contributed by atoms with van der Waals surface area (Å²) in [6, 6.07) is 9.25. The van der Waals surface area contributed by atoms with Crippen molar-refractivity contribution in [1.82, 2.24) is 20.2 Å². The molecule has 0 fully saturated rings. The summed E-state index contributed by atoms with van der Waals surface area (Å²) in [6.45, 7) is 1.63. The van der Waals surface area contributed by atoms with E-state index in [-0.39, 0.29) is 17.1 Å². The maximum atomic E-state index is 13.3. The maximum absolute atomic E-state index is 13.3. The zero-order valence-electron chi connectivity index (χ0n) is 12.9. The molecule has 0 radical (unpaired) electrons. The summed E-state index contributed by atoms with van der Waals surface area (Å²) >= 11 is 1.09. The number of aromatic nitrogens is 4. The summed E-state index contributed by atoms with van der Waals surface area (Å²) in [4.78, 5) is 12.4. The van der Waals surface area contributed by atoms with Crippen LogP contribution in [0.25, 0.3) is 5.69 Å². The lowest BCUT2D eigenvalue weighted by Crippen LogP contribution is -2.15. The van der Waals surface area contributed by atoms with Crippen molar-refractivity contribution in [3.8, 4) is 11.4 Å². The van der Waals surface area contributed by atoms with Gasteiger partial charge in [0.25, 0.3) is 0 Å². The minimum absolute atomic E-state index is 0.0718. The molecule has 9 heteroatoms. The van der Waals surface area contributed by atoms with Gasteiger partial charge in [0.05, 0.1) is 10.9 Å². The third-order valence-electron chi connectivity index (χ3n) is 3.39. The molecule has 25 heavy (non-hydrogen) atoms. The van der Waals surface area contributed by atoms with Crippen LogP contribution in [-0.2, 0) is 0 Å². The molecule has 3 rings (SSSR count). The summed E-state index contributed by atoms with van der Waals surface area (Å²) in [6.07, 6.45) is 0. The van der Waals surface area contributed by atoms with E-state index in [9.17, 15) is 18.7 Å². The smallest absolute Gasteiger partial charge is 0.214 e. The van der Waals surface area contributed by atoms with Crippen LogP contribution in [0.1, 0.15) is 17.3 Å². The zero-order valence-corrected chi connectivity index (χ0v) is 13.7. The Morgan fingerprint density at radius 2 is 1.88 bits per heavy atom. The van der Waals surface area contributed by atoms with Crippen molar-refractivity contribution in [2.24, 2.45) is 0 Å². The molecule has 1 N–H and O–H groups in total. The average Bonchev–Trinajstić information content (AvgIpc) is 3.05. The van der Waals surface area contributed by atoms with Crippen molar-refractivity contribution >= 4 is 17.5 Å². The molecule has 0 aliphatic heterocycles. The van der Waals surface area contributed by atoms with E-state index in [1.165, 1.54) is 22.9 Å².